The zero-order valence-corrected chi connectivity index (χ0v) is 18.0. The van der Waals surface area contributed by atoms with E-state index in [4.69, 9.17) is 13.9 Å². The molecule has 32 heavy (non-hydrogen) atoms. The van der Waals surface area contributed by atoms with Gasteiger partial charge in [-0.25, -0.2) is 27.5 Å². The van der Waals surface area contributed by atoms with E-state index in [-0.39, 0.29) is 34.1 Å². The average Bonchev–Trinajstić information content (AvgIpc) is 3.32. The zero-order chi connectivity index (χ0) is 23.3. The molecule has 2 amide bonds. The van der Waals surface area contributed by atoms with Crippen molar-refractivity contribution in [2.45, 2.75) is 17.9 Å². The summed E-state index contributed by atoms with van der Waals surface area (Å²) in [4.78, 5) is 37.1. The number of hydrogen-bond donors (Lipinski definition) is 3. The molecular formula is C20H21N3O8S. The fourth-order valence-corrected chi connectivity index (χ4v) is 3.76. The van der Waals surface area contributed by atoms with Gasteiger partial charge in [0.2, 0.25) is 10.0 Å². The highest BCUT2D eigenvalue weighted by Crippen LogP contribution is 2.28. The van der Waals surface area contributed by atoms with Gasteiger partial charge < -0.3 is 24.5 Å². The number of sulfonamides is 1. The molecule has 2 heterocycles. The molecule has 1 aromatic carbocycles. The summed E-state index contributed by atoms with van der Waals surface area (Å²) < 4.78 is 41.7. The van der Waals surface area contributed by atoms with Crippen molar-refractivity contribution in [1.82, 2.24) is 15.4 Å². The van der Waals surface area contributed by atoms with Crippen LogP contribution in [-0.2, 0) is 24.3 Å². The zero-order valence-electron chi connectivity index (χ0n) is 17.2. The summed E-state index contributed by atoms with van der Waals surface area (Å²) in [6.07, 6.45) is 1.39. The van der Waals surface area contributed by atoms with Gasteiger partial charge in [0.25, 0.3) is 0 Å². The number of rotatable bonds is 8. The lowest BCUT2D eigenvalue weighted by Gasteiger charge is -2.27. The average molecular weight is 463 g/mol. The van der Waals surface area contributed by atoms with Gasteiger partial charge in [0.1, 0.15) is 18.4 Å². The summed E-state index contributed by atoms with van der Waals surface area (Å²) in [5, 5.41) is 5.02. The molecule has 0 saturated carbocycles. The third-order valence-corrected chi connectivity index (χ3v) is 5.89. The topological polar surface area (TPSA) is 153 Å². The first kappa shape index (κ1) is 23.0. The van der Waals surface area contributed by atoms with Gasteiger partial charge in [0.05, 0.1) is 34.6 Å². The van der Waals surface area contributed by atoms with E-state index >= 15 is 0 Å². The van der Waals surface area contributed by atoms with E-state index in [9.17, 15) is 22.8 Å². The molecule has 0 radical (unpaired) electrons. The lowest BCUT2D eigenvalue weighted by Crippen LogP contribution is -2.47. The van der Waals surface area contributed by atoms with Gasteiger partial charge in [-0.1, -0.05) is 6.07 Å². The standard InChI is InChI=1S/C20H21N3O8S/c1-3-29-19(25)16-14(22-20(26)23-17(16)15-8-5-9-30-15)11-31-18(24)12-6-4-7-13(10-12)32(27,28)21-2/h4-10,17,21H,3,11H2,1-2H3,(H2,22,23,26). The quantitative estimate of drug-likeness (QED) is 0.494. The molecule has 1 atom stereocenters. The van der Waals surface area contributed by atoms with Gasteiger partial charge in [-0.15, -0.1) is 0 Å². The molecule has 0 saturated heterocycles. The van der Waals surface area contributed by atoms with E-state index in [1.54, 1.807) is 19.1 Å². The minimum atomic E-state index is -3.76. The molecule has 0 spiro atoms. The van der Waals surface area contributed by atoms with Gasteiger partial charge in [-0.2, -0.15) is 0 Å². The molecule has 1 aliphatic rings. The maximum atomic E-state index is 12.6. The maximum Gasteiger partial charge on any atom is 0.338 e. The first-order valence-corrected chi connectivity index (χ1v) is 11.0. The fourth-order valence-electron chi connectivity index (χ4n) is 2.98. The summed E-state index contributed by atoms with van der Waals surface area (Å²) >= 11 is 0. The fraction of sp³-hybridized carbons (Fsp3) is 0.250. The van der Waals surface area contributed by atoms with Crippen molar-refractivity contribution >= 4 is 28.0 Å². The Morgan fingerprint density at radius 1 is 1.16 bits per heavy atom. The van der Waals surface area contributed by atoms with E-state index in [1.165, 1.54) is 31.5 Å². The predicted octanol–water partition coefficient (Wildman–Crippen LogP) is 1.22. The number of urea groups is 1. The lowest BCUT2D eigenvalue weighted by molar-refractivity contribution is -0.139. The minimum absolute atomic E-state index is 0.0145. The number of ether oxygens (including phenoxy) is 2. The Morgan fingerprint density at radius 2 is 1.94 bits per heavy atom. The van der Waals surface area contributed by atoms with Crippen LogP contribution in [0.2, 0.25) is 0 Å². The van der Waals surface area contributed by atoms with Crippen LogP contribution in [0, 0.1) is 0 Å². The molecule has 1 aromatic heterocycles. The van der Waals surface area contributed by atoms with Crippen LogP contribution in [0.15, 0.2) is 63.2 Å². The Labute approximate surface area is 183 Å². The summed E-state index contributed by atoms with van der Waals surface area (Å²) in [5.74, 6) is -1.29. The molecule has 1 unspecified atom stereocenters. The van der Waals surface area contributed by atoms with E-state index in [1.807, 2.05) is 0 Å². The van der Waals surface area contributed by atoms with Gasteiger partial charge in [0.15, 0.2) is 0 Å². The maximum absolute atomic E-state index is 12.6. The first-order chi connectivity index (χ1) is 15.3. The van der Waals surface area contributed by atoms with Crippen LogP contribution in [-0.4, -0.2) is 46.6 Å². The normalized spacial score (nSPS) is 16.2. The van der Waals surface area contributed by atoms with Crippen LogP contribution in [0.5, 0.6) is 0 Å². The SMILES string of the molecule is CCOC(=O)C1=C(COC(=O)c2cccc(S(=O)(=O)NC)c2)NC(=O)NC1c1ccco1. The highest BCUT2D eigenvalue weighted by atomic mass is 32.2. The van der Waals surface area contributed by atoms with E-state index in [0.717, 1.165) is 6.07 Å². The van der Waals surface area contributed by atoms with Crippen molar-refractivity contribution in [3.05, 3.63) is 65.3 Å². The number of hydrogen-bond acceptors (Lipinski definition) is 8. The Morgan fingerprint density at radius 3 is 2.59 bits per heavy atom. The van der Waals surface area contributed by atoms with Gasteiger partial charge in [-0.05, 0) is 44.3 Å². The number of furan rings is 1. The van der Waals surface area contributed by atoms with Crippen molar-refractivity contribution in [2.75, 3.05) is 20.3 Å². The second-order valence-electron chi connectivity index (χ2n) is 6.47. The number of esters is 2. The Kier molecular flexibility index (Phi) is 6.95. The Hall–Kier alpha value is -3.64. The molecule has 11 nitrogen and oxygen atoms in total. The summed E-state index contributed by atoms with van der Waals surface area (Å²) in [6.45, 7) is 1.24. The molecule has 0 bridgehead atoms. The molecule has 0 fully saturated rings. The molecular weight excluding hydrogens is 442 g/mol. The lowest BCUT2D eigenvalue weighted by atomic mass is 10.0. The smallest absolute Gasteiger partial charge is 0.338 e. The monoisotopic (exact) mass is 463 g/mol. The van der Waals surface area contributed by atoms with E-state index in [0.29, 0.717) is 0 Å². The second-order valence-corrected chi connectivity index (χ2v) is 8.36. The second kappa shape index (κ2) is 9.66. The number of amides is 2. The molecule has 3 N–H and O–H groups in total. The number of nitrogens with one attached hydrogen (secondary N) is 3. The summed E-state index contributed by atoms with van der Waals surface area (Å²) in [6, 6.07) is 6.84. The summed E-state index contributed by atoms with van der Waals surface area (Å²) in [7, 11) is -2.51. The van der Waals surface area contributed by atoms with Crippen molar-refractivity contribution < 1.29 is 36.7 Å². The van der Waals surface area contributed by atoms with Crippen LogP contribution in [0.25, 0.3) is 0 Å². The van der Waals surface area contributed by atoms with Crippen LogP contribution >= 0.6 is 0 Å². The molecule has 12 heteroatoms. The van der Waals surface area contributed by atoms with Crippen LogP contribution in [0.4, 0.5) is 4.79 Å². The van der Waals surface area contributed by atoms with Crippen molar-refractivity contribution in [3.8, 4) is 0 Å². The number of carbonyl (C=O) groups is 3. The van der Waals surface area contributed by atoms with Crippen molar-refractivity contribution in [2.24, 2.45) is 0 Å². The van der Waals surface area contributed by atoms with Gasteiger partial charge in [-0.3, -0.25) is 0 Å². The molecule has 0 aliphatic carbocycles. The van der Waals surface area contributed by atoms with Crippen LogP contribution in [0.1, 0.15) is 29.1 Å². The van der Waals surface area contributed by atoms with Crippen molar-refractivity contribution in [1.29, 1.82) is 0 Å². The largest absolute Gasteiger partial charge is 0.467 e. The van der Waals surface area contributed by atoms with E-state index in [2.05, 4.69) is 15.4 Å². The number of carbonyl (C=O) groups excluding carboxylic acids is 3. The molecule has 170 valence electrons. The molecule has 1 aliphatic heterocycles. The highest BCUT2D eigenvalue weighted by Gasteiger charge is 2.35. The summed E-state index contributed by atoms with van der Waals surface area (Å²) in [5.41, 5.74) is 0.00381. The minimum Gasteiger partial charge on any atom is -0.467 e. The molecule has 3 rings (SSSR count). The number of benzene rings is 1. The van der Waals surface area contributed by atoms with Gasteiger partial charge in [0, 0.05) is 0 Å². The van der Waals surface area contributed by atoms with Crippen LogP contribution < -0.4 is 15.4 Å². The molecule has 2 aromatic rings. The van der Waals surface area contributed by atoms with Crippen LogP contribution in [0.3, 0.4) is 0 Å². The first-order valence-electron chi connectivity index (χ1n) is 9.48. The Bertz CT molecular complexity index is 1160. The third-order valence-electron chi connectivity index (χ3n) is 4.47. The van der Waals surface area contributed by atoms with E-state index < -0.39 is 40.6 Å². The predicted molar refractivity (Wildman–Crippen MR) is 110 cm³/mol. The third kappa shape index (κ3) is 4.98. The van der Waals surface area contributed by atoms with Gasteiger partial charge >= 0.3 is 18.0 Å². The Balaban J connectivity index is 1.88. The van der Waals surface area contributed by atoms with Crippen molar-refractivity contribution in [3.63, 3.8) is 0 Å². The highest BCUT2D eigenvalue weighted by molar-refractivity contribution is 7.89.